The van der Waals surface area contributed by atoms with Crippen molar-refractivity contribution in [2.24, 2.45) is 5.41 Å². The molecule has 0 saturated heterocycles. The molecule has 0 bridgehead atoms. The summed E-state index contributed by atoms with van der Waals surface area (Å²) in [5, 5.41) is 0. The number of unbranched alkanes of at least 4 members (excludes halogenated alkanes) is 2. The highest BCUT2D eigenvalue weighted by molar-refractivity contribution is 5.68. The highest BCUT2D eigenvalue weighted by Gasteiger charge is 2.27. The summed E-state index contributed by atoms with van der Waals surface area (Å²) in [5.74, 6) is 0.264. The van der Waals surface area contributed by atoms with E-state index in [1.54, 1.807) is 0 Å². The van der Waals surface area contributed by atoms with Crippen molar-refractivity contribution in [3.05, 3.63) is 65.7 Å². The van der Waals surface area contributed by atoms with Crippen LogP contribution >= 0.6 is 0 Å². The van der Waals surface area contributed by atoms with Gasteiger partial charge in [0.1, 0.15) is 0 Å². The van der Waals surface area contributed by atoms with Gasteiger partial charge in [0.15, 0.2) is 5.75 Å². The second kappa shape index (κ2) is 9.77. The summed E-state index contributed by atoms with van der Waals surface area (Å²) in [5.41, 5.74) is 2.24. The van der Waals surface area contributed by atoms with E-state index in [4.69, 9.17) is 9.78 Å². The zero-order valence-electron chi connectivity index (χ0n) is 18.0. The number of carbonyl (C=O) groups excluding carboxylic acids is 1. The van der Waals surface area contributed by atoms with Crippen molar-refractivity contribution >= 4 is 5.97 Å². The maximum Gasteiger partial charge on any atom is 0.355 e. The van der Waals surface area contributed by atoms with Crippen LogP contribution in [-0.2, 0) is 15.1 Å². The van der Waals surface area contributed by atoms with Crippen LogP contribution in [0.5, 0.6) is 5.75 Å². The fourth-order valence-corrected chi connectivity index (χ4v) is 3.30. The van der Waals surface area contributed by atoms with Crippen LogP contribution in [0.25, 0.3) is 0 Å². The molecule has 2 aromatic rings. The molecule has 28 heavy (non-hydrogen) atoms. The van der Waals surface area contributed by atoms with Crippen LogP contribution in [0.1, 0.15) is 77.8 Å². The lowest BCUT2D eigenvalue weighted by atomic mass is 9.78. The van der Waals surface area contributed by atoms with Gasteiger partial charge in [-0.1, -0.05) is 96.0 Å². The summed E-state index contributed by atoms with van der Waals surface area (Å²) < 4.78 is 0. The minimum absolute atomic E-state index is 0.267. The molecule has 0 unspecified atom stereocenters. The van der Waals surface area contributed by atoms with E-state index in [1.807, 2.05) is 42.5 Å². The molecule has 3 nitrogen and oxygen atoms in total. The van der Waals surface area contributed by atoms with Gasteiger partial charge in [-0.2, -0.15) is 0 Å². The zero-order valence-corrected chi connectivity index (χ0v) is 18.0. The van der Waals surface area contributed by atoms with Crippen molar-refractivity contribution in [2.75, 3.05) is 0 Å². The first-order valence-electron chi connectivity index (χ1n) is 10.2. The molecule has 2 aromatic carbocycles. The molecule has 0 aliphatic rings. The quantitative estimate of drug-likeness (QED) is 0.270. The topological polar surface area (TPSA) is 35.5 Å². The fraction of sp³-hybridized carbons (Fsp3) is 0.480. The van der Waals surface area contributed by atoms with Gasteiger partial charge >= 0.3 is 5.97 Å². The SMILES string of the molecule is CC(C)(C)CCCCCC(=O)OOc1ccccc1C(C)(C)c1ccccc1. The average Bonchev–Trinajstić information content (AvgIpc) is 2.66. The number of para-hydroxylation sites is 1. The van der Waals surface area contributed by atoms with Crippen molar-refractivity contribution < 1.29 is 14.6 Å². The van der Waals surface area contributed by atoms with Gasteiger partial charge in [0, 0.05) is 11.0 Å². The Labute approximate surface area is 170 Å². The lowest BCUT2D eigenvalue weighted by Gasteiger charge is -2.27. The van der Waals surface area contributed by atoms with Crippen molar-refractivity contribution in [3.63, 3.8) is 0 Å². The van der Waals surface area contributed by atoms with Crippen LogP contribution in [0.15, 0.2) is 54.6 Å². The molecule has 0 saturated carbocycles. The average molecular weight is 383 g/mol. The predicted molar refractivity (Wildman–Crippen MR) is 114 cm³/mol. The molecule has 0 amide bonds. The Morgan fingerprint density at radius 1 is 0.821 bits per heavy atom. The van der Waals surface area contributed by atoms with E-state index in [0.29, 0.717) is 17.6 Å². The van der Waals surface area contributed by atoms with E-state index >= 15 is 0 Å². The van der Waals surface area contributed by atoms with Crippen LogP contribution in [0.4, 0.5) is 0 Å². The van der Waals surface area contributed by atoms with E-state index in [2.05, 4.69) is 46.8 Å². The Balaban J connectivity index is 1.91. The van der Waals surface area contributed by atoms with Crippen molar-refractivity contribution in [3.8, 4) is 5.75 Å². The third-order valence-corrected chi connectivity index (χ3v) is 5.09. The molecule has 0 spiro atoms. The maximum absolute atomic E-state index is 12.1. The molecule has 2 rings (SSSR count). The summed E-state index contributed by atoms with van der Waals surface area (Å²) in [6, 6.07) is 18.0. The van der Waals surface area contributed by atoms with E-state index in [9.17, 15) is 4.79 Å². The Hall–Kier alpha value is -2.29. The molecule has 0 radical (unpaired) electrons. The van der Waals surface area contributed by atoms with Gasteiger partial charge in [-0.05, 0) is 29.9 Å². The molecule has 0 aliphatic carbocycles. The number of rotatable bonds is 9. The Kier molecular flexibility index (Phi) is 7.68. The smallest absolute Gasteiger partial charge is 0.287 e. The third kappa shape index (κ3) is 6.70. The first-order chi connectivity index (χ1) is 13.2. The van der Waals surface area contributed by atoms with E-state index in [1.165, 1.54) is 12.0 Å². The summed E-state index contributed by atoms with van der Waals surface area (Å²) >= 11 is 0. The summed E-state index contributed by atoms with van der Waals surface area (Å²) in [6.07, 6.45) is 4.54. The zero-order chi connectivity index (χ0) is 20.6. The second-order valence-corrected chi connectivity index (χ2v) is 9.15. The van der Waals surface area contributed by atoms with Gasteiger partial charge in [-0.3, -0.25) is 9.78 Å². The Morgan fingerprint density at radius 2 is 1.46 bits per heavy atom. The van der Waals surface area contributed by atoms with Crippen molar-refractivity contribution in [1.29, 1.82) is 0 Å². The number of benzene rings is 2. The molecule has 0 heterocycles. The van der Waals surface area contributed by atoms with Crippen LogP contribution in [0.3, 0.4) is 0 Å². The highest BCUT2D eigenvalue weighted by atomic mass is 17.2. The molecule has 0 N–H and O–H groups in total. The van der Waals surface area contributed by atoms with Crippen molar-refractivity contribution in [1.82, 2.24) is 0 Å². The van der Waals surface area contributed by atoms with E-state index in [-0.39, 0.29) is 11.4 Å². The monoisotopic (exact) mass is 382 g/mol. The molecule has 3 heteroatoms. The van der Waals surface area contributed by atoms with Crippen LogP contribution in [0.2, 0.25) is 0 Å². The van der Waals surface area contributed by atoms with Gasteiger partial charge in [0.25, 0.3) is 0 Å². The minimum atomic E-state index is -0.317. The number of hydrogen-bond acceptors (Lipinski definition) is 3. The number of hydrogen-bond donors (Lipinski definition) is 0. The summed E-state index contributed by atoms with van der Waals surface area (Å²) in [6.45, 7) is 11.0. The first kappa shape index (κ1) is 22.0. The van der Waals surface area contributed by atoms with Gasteiger partial charge in [0.2, 0.25) is 0 Å². The summed E-state index contributed by atoms with van der Waals surface area (Å²) in [7, 11) is 0. The molecule has 0 aromatic heterocycles. The van der Waals surface area contributed by atoms with Gasteiger partial charge in [0.05, 0.1) is 6.42 Å². The molecular formula is C25H34O3. The molecule has 0 fully saturated rings. The number of carbonyl (C=O) groups is 1. The lowest BCUT2D eigenvalue weighted by Crippen LogP contribution is -2.20. The standard InChI is InChI=1S/C25H34O3/c1-24(2,3)19-13-7-10-18-23(26)28-27-22-17-12-11-16-21(22)25(4,5)20-14-8-6-9-15-20/h6,8-9,11-12,14-17H,7,10,13,18-19H2,1-5H3. The minimum Gasteiger partial charge on any atom is -0.287 e. The van der Waals surface area contributed by atoms with Crippen LogP contribution in [0, 0.1) is 5.41 Å². The molecule has 152 valence electrons. The fourth-order valence-electron chi connectivity index (χ4n) is 3.30. The van der Waals surface area contributed by atoms with Crippen LogP contribution < -0.4 is 4.89 Å². The van der Waals surface area contributed by atoms with Gasteiger partial charge in [-0.15, -0.1) is 0 Å². The maximum atomic E-state index is 12.1. The lowest BCUT2D eigenvalue weighted by molar-refractivity contribution is -0.214. The molecular weight excluding hydrogens is 348 g/mol. The van der Waals surface area contributed by atoms with Gasteiger partial charge < -0.3 is 0 Å². The Bertz CT molecular complexity index is 742. The van der Waals surface area contributed by atoms with E-state index < -0.39 is 0 Å². The molecule has 0 atom stereocenters. The predicted octanol–water partition coefficient (Wildman–Crippen LogP) is 6.85. The highest BCUT2D eigenvalue weighted by Crippen LogP contribution is 2.37. The second-order valence-electron chi connectivity index (χ2n) is 9.15. The van der Waals surface area contributed by atoms with E-state index in [0.717, 1.165) is 24.8 Å². The Morgan fingerprint density at radius 3 is 2.14 bits per heavy atom. The van der Waals surface area contributed by atoms with Gasteiger partial charge in [-0.25, -0.2) is 4.79 Å². The largest absolute Gasteiger partial charge is 0.355 e. The summed E-state index contributed by atoms with van der Waals surface area (Å²) in [4.78, 5) is 22.6. The van der Waals surface area contributed by atoms with Crippen LogP contribution in [-0.4, -0.2) is 5.97 Å². The first-order valence-corrected chi connectivity index (χ1v) is 10.2. The third-order valence-electron chi connectivity index (χ3n) is 5.09. The molecule has 0 aliphatic heterocycles. The van der Waals surface area contributed by atoms with Crippen molar-refractivity contribution in [2.45, 2.75) is 72.1 Å². The normalized spacial score (nSPS) is 11.9.